The highest BCUT2D eigenvalue weighted by atomic mass is 16.7. The van der Waals surface area contributed by atoms with Gasteiger partial charge in [0.25, 0.3) is 6.29 Å². The first-order valence-corrected chi connectivity index (χ1v) is 29.9. The Hall–Kier alpha value is -1.97. The highest BCUT2D eigenvalue weighted by Crippen LogP contribution is 2.17. The van der Waals surface area contributed by atoms with E-state index in [0.29, 0.717) is 17.4 Å². The molecule has 0 spiro atoms. The fourth-order valence-electron chi connectivity index (χ4n) is 8.89. The molecule has 0 heterocycles. The number of aliphatic carboxylic acids is 1. The van der Waals surface area contributed by atoms with Crippen molar-refractivity contribution in [1.29, 1.82) is 0 Å². The van der Waals surface area contributed by atoms with Gasteiger partial charge in [0.05, 0.1) is 34.4 Å². The molecule has 2 atom stereocenters. The van der Waals surface area contributed by atoms with Crippen LogP contribution in [0.5, 0.6) is 0 Å². The number of ether oxygens (including phenoxy) is 4. The number of nitrogens with zero attached hydrogens (tertiary/aromatic N) is 1. The highest BCUT2D eigenvalue weighted by Gasteiger charge is 2.25. The summed E-state index contributed by atoms with van der Waals surface area (Å²) in [5.74, 6) is -1.98. The van der Waals surface area contributed by atoms with Gasteiger partial charge in [-0.05, 0) is 38.5 Å². The minimum atomic E-state index is -1.50. The number of hydrogen-bond donors (Lipinski definition) is 1. The lowest BCUT2D eigenvalue weighted by Crippen LogP contribution is -2.40. The summed E-state index contributed by atoms with van der Waals surface area (Å²) in [4.78, 5) is 37.4. The number of rotatable bonds is 56. The van der Waals surface area contributed by atoms with Gasteiger partial charge in [-0.3, -0.25) is 9.59 Å². The third-order valence-electron chi connectivity index (χ3n) is 13.5. The van der Waals surface area contributed by atoms with Gasteiger partial charge < -0.3 is 28.5 Å². The molecule has 9 nitrogen and oxygen atoms in total. The van der Waals surface area contributed by atoms with E-state index in [0.717, 1.165) is 38.5 Å². The largest absolute Gasteiger partial charge is 0.477 e. The molecule has 0 aromatic heterocycles. The number of carboxylic acid groups (broad SMARTS) is 1. The second-order valence-corrected chi connectivity index (χ2v) is 21.7. The highest BCUT2D eigenvalue weighted by molar-refractivity contribution is 5.71. The maximum atomic E-state index is 12.9. The van der Waals surface area contributed by atoms with E-state index < -0.39 is 18.4 Å². The molecule has 1 N–H and O–H groups in total. The molecule has 0 aromatic carbocycles. The number of hydrogen-bond acceptors (Lipinski definition) is 7. The van der Waals surface area contributed by atoms with Crippen LogP contribution in [0.2, 0.25) is 0 Å². The van der Waals surface area contributed by atoms with Crippen LogP contribution in [-0.2, 0) is 33.3 Å². The Morgan fingerprint density at radius 3 is 1.07 bits per heavy atom. The molecule has 0 fully saturated rings. The van der Waals surface area contributed by atoms with Crippen LogP contribution in [0, 0.1) is 0 Å². The summed E-state index contributed by atoms with van der Waals surface area (Å²) in [7, 11) is 5.98. The molecule has 0 saturated carbocycles. The first-order chi connectivity index (χ1) is 33.6. The Kier molecular flexibility index (Phi) is 50.9. The molecule has 408 valence electrons. The van der Waals surface area contributed by atoms with Crippen molar-refractivity contribution >= 4 is 17.9 Å². The van der Waals surface area contributed by atoms with E-state index in [1.54, 1.807) is 0 Å². The molecule has 0 rings (SSSR count). The lowest BCUT2D eigenvalue weighted by atomic mass is 10.0. The van der Waals surface area contributed by atoms with E-state index in [1.165, 1.54) is 231 Å². The van der Waals surface area contributed by atoms with Crippen LogP contribution in [-0.4, -0.2) is 87.4 Å². The van der Waals surface area contributed by atoms with Crippen molar-refractivity contribution in [3.05, 3.63) is 12.2 Å². The molecule has 0 aliphatic heterocycles. The second kappa shape index (κ2) is 52.4. The Morgan fingerprint density at radius 1 is 0.420 bits per heavy atom. The molecule has 2 unspecified atom stereocenters. The Bertz CT molecular complexity index is 1140. The van der Waals surface area contributed by atoms with Gasteiger partial charge in [0.1, 0.15) is 13.2 Å². The van der Waals surface area contributed by atoms with Crippen molar-refractivity contribution in [3.63, 3.8) is 0 Å². The van der Waals surface area contributed by atoms with Gasteiger partial charge in [0, 0.05) is 12.8 Å². The normalized spacial score (nSPS) is 12.8. The summed E-state index contributed by atoms with van der Waals surface area (Å²) >= 11 is 0. The molecule has 69 heavy (non-hydrogen) atoms. The van der Waals surface area contributed by atoms with Crippen molar-refractivity contribution in [1.82, 2.24) is 0 Å². The van der Waals surface area contributed by atoms with Crippen LogP contribution in [0.1, 0.15) is 296 Å². The van der Waals surface area contributed by atoms with Crippen molar-refractivity contribution in [3.8, 4) is 0 Å². The molecular weight excluding hydrogens is 863 g/mol. The predicted octanol–water partition coefficient (Wildman–Crippen LogP) is 17.4. The number of likely N-dealkylation sites (N-methyl/N-ethyl adjacent to an activating group) is 1. The Balaban J connectivity index is 4.11. The monoisotopic (exact) mass is 979 g/mol. The van der Waals surface area contributed by atoms with E-state index in [9.17, 15) is 19.5 Å². The number of carbonyl (C=O) groups excluding carboxylic acids is 2. The van der Waals surface area contributed by atoms with E-state index in [4.69, 9.17) is 18.9 Å². The zero-order valence-electron chi connectivity index (χ0n) is 46.5. The van der Waals surface area contributed by atoms with Crippen LogP contribution >= 0.6 is 0 Å². The molecule has 0 saturated heterocycles. The SMILES string of the molecule is CCCCCCCCCC/C=C\CCCCCCCCCCCCCCCCCCCC(=O)OC(COC(=O)CCCCCCCCCCCCCCCCC)COC(OCC[N+](C)(C)C)C(=O)O. The predicted molar refractivity (Wildman–Crippen MR) is 291 cm³/mol. The minimum Gasteiger partial charge on any atom is -0.477 e. The molecule has 0 radical (unpaired) electrons. The number of esters is 2. The Labute approximate surface area is 427 Å². The van der Waals surface area contributed by atoms with Gasteiger partial charge in [-0.25, -0.2) is 4.79 Å². The first kappa shape index (κ1) is 67.0. The molecule has 0 aromatic rings. The molecule has 0 aliphatic rings. The Morgan fingerprint density at radius 2 is 0.739 bits per heavy atom. The summed E-state index contributed by atoms with van der Waals surface area (Å²) in [6, 6.07) is 0. The number of unbranched alkanes of at least 4 members (excludes halogenated alkanes) is 39. The number of carboxylic acids is 1. The van der Waals surface area contributed by atoms with E-state index in [1.807, 2.05) is 21.1 Å². The summed E-state index contributed by atoms with van der Waals surface area (Å²) in [5.41, 5.74) is 0. The zero-order valence-corrected chi connectivity index (χ0v) is 46.5. The molecule has 0 amide bonds. The average molecular weight is 980 g/mol. The number of allylic oxidation sites excluding steroid dienone is 2. The minimum absolute atomic E-state index is 0.174. The number of quaternary nitrogens is 1. The van der Waals surface area contributed by atoms with E-state index in [-0.39, 0.29) is 38.2 Å². The van der Waals surface area contributed by atoms with Crippen LogP contribution in [0.3, 0.4) is 0 Å². The topological polar surface area (TPSA) is 108 Å². The van der Waals surface area contributed by atoms with Crippen LogP contribution in [0.25, 0.3) is 0 Å². The second-order valence-electron chi connectivity index (χ2n) is 21.7. The summed E-state index contributed by atoms with van der Waals surface area (Å²) in [6.07, 6.45) is 57.3. The molecule has 9 heteroatoms. The van der Waals surface area contributed by atoms with Crippen molar-refractivity contribution in [2.45, 2.75) is 309 Å². The van der Waals surface area contributed by atoms with Gasteiger partial charge in [0.15, 0.2) is 6.10 Å². The summed E-state index contributed by atoms with van der Waals surface area (Å²) < 4.78 is 22.9. The smallest absolute Gasteiger partial charge is 0.361 e. The molecule has 0 bridgehead atoms. The zero-order chi connectivity index (χ0) is 50.6. The summed E-state index contributed by atoms with van der Waals surface area (Å²) in [6.45, 7) is 4.93. The van der Waals surface area contributed by atoms with Gasteiger partial charge >= 0.3 is 17.9 Å². The lowest BCUT2D eigenvalue weighted by molar-refractivity contribution is -0.870. The quantitative estimate of drug-likeness (QED) is 0.0211. The maximum Gasteiger partial charge on any atom is 0.361 e. The van der Waals surface area contributed by atoms with E-state index in [2.05, 4.69) is 26.0 Å². The van der Waals surface area contributed by atoms with E-state index >= 15 is 0 Å². The lowest BCUT2D eigenvalue weighted by Gasteiger charge is -2.25. The van der Waals surface area contributed by atoms with Crippen LogP contribution in [0.4, 0.5) is 0 Å². The standard InChI is InChI=1S/C60H115NO8/c1-6-8-10-12-14-16-18-20-22-23-24-25-26-27-28-29-30-31-32-33-34-35-37-39-41-43-45-47-49-51-58(63)69-56(55-68-60(59(64)65)66-53-52-61(3,4)5)54-67-57(62)50-48-46-44-42-40-38-36-21-19-17-15-13-11-9-7-2/h23-24,56,60H,6-22,25-55H2,1-5H3/p+1/b24-23-. The summed E-state index contributed by atoms with van der Waals surface area (Å²) in [5, 5.41) is 9.69. The van der Waals surface area contributed by atoms with Crippen molar-refractivity contribution < 1.29 is 42.9 Å². The van der Waals surface area contributed by atoms with Crippen LogP contribution < -0.4 is 0 Å². The molecular formula is C60H116NO8+. The molecule has 0 aliphatic carbocycles. The fraction of sp³-hybridized carbons (Fsp3) is 0.917. The third kappa shape index (κ3) is 53.7. The average Bonchev–Trinajstić information content (AvgIpc) is 3.31. The van der Waals surface area contributed by atoms with Gasteiger partial charge in [-0.1, -0.05) is 257 Å². The first-order valence-electron chi connectivity index (χ1n) is 29.9. The van der Waals surface area contributed by atoms with Crippen molar-refractivity contribution in [2.24, 2.45) is 0 Å². The van der Waals surface area contributed by atoms with Gasteiger partial charge in [-0.2, -0.15) is 0 Å². The van der Waals surface area contributed by atoms with Crippen LogP contribution in [0.15, 0.2) is 12.2 Å². The maximum absolute atomic E-state index is 12.9. The fourth-order valence-corrected chi connectivity index (χ4v) is 8.89. The number of carbonyl (C=O) groups is 3. The van der Waals surface area contributed by atoms with Gasteiger partial charge in [0.2, 0.25) is 0 Å². The third-order valence-corrected chi connectivity index (χ3v) is 13.5. The van der Waals surface area contributed by atoms with Gasteiger partial charge in [-0.15, -0.1) is 0 Å². The van der Waals surface area contributed by atoms with Crippen molar-refractivity contribution in [2.75, 3.05) is 47.5 Å².